The number of benzene rings is 2. The van der Waals surface area contributed by atoms with Gasteiger partial charge < -0.3 is 10.2 Å². The highest BCUT2D eigenvalue weighted by Gasteiger charge is 2.34. The van der Waals surface area contributed by atoms with Gasteiger partial charge in [-0.25, -0.2) is 13.6 Å². The van der Waals surface area contributed by atoms with E-state index in [2.05, 4.69) is 5.32 Å². The van der Waals surface area contributed by atoms with Gasteiger partial charge in [-0.1, -0.05) is 12.1 Å². The van der Waals surface area contributed by atoms with Gasteiger partial charge in [-0.3, -0.25) is 4.79 Å². The van der Waals surface area contributed by atoms with Crippen LogP contribution in [0.25, 0.3) is 0 Å². The van der Waals surface area contributed by atoms with E-state index < -0.39 is 26.7 Å². The summed E-state index contributed by atoms with van der Waals surface area (Å²) in [6, 6.07) is 9.51. The van der Waals surface area contributed by atoms with E-state index in [0.29, 0.717) is 24.6 Å². The highest BCUT2D eigenvalue weighted by molar-refractivity contribution is 7.89. The molecule has 0 aromatic heterocycles. The molecular weight excluding hydrogens is 395 g/mol. The number of rotatable bonds is 5. The van der Waals surface area contributed by atoms with Crippen LogP contribution in [-0.2, 0) is 27.5 Å². The summed E-state index contributed by atoms with van der Waals surface area (Å²) in [6.45, 7) is 0.744. The smallest absolute Gasteiger partial charge is 0.380 e. The zero-order valence-electron chi connectivity index (χ0n) is 14.7. The topological polar surface area (TPSA) is 92.5 Å². The average molecular weight is 413 g/mol. The van der Waals surface area contributed by atoms with Crippen molar-refractivity contribution in [3.05, 3.63) is 53.6 Å². The minimum absolute atomic E-state index is 0.0515. The van der Waals surface area contributed by atoms with Crippen molar-refractivity contribution in [2.45, 2.75) is 30.5 Å². The van der Waals surface area contributed by atoms with E-state index in [1.54, 1.807) is 29.2 Å². The summed E-state index contributed by atoms with van der Waals surface area (Å²) in [4.78, 5) is 12.8. The molecule has 0 unspecified atom stereocenters. The zero-order valence-corrected chi connectivity index (χ0v) is 15.5. The Kier molecular flexibility index (Phi) is 5.35. The van der Waals surface area contributed by atoms with Crippen LogP contribution < -0.4 is 15.4 Å². The first-order chi connectivity index (χ1) is 13.1. The molecule has 6 nitrogen and oxygen atoms in total. The lowest BCUT2D eigenvalue weighted by molar-refractivity contribution is -0.137. The van der Waals surface area contributed by atoms with Gasteiger partial charge in [-0.05, 0) is 42.3 Å². The van der Waals surface area contributed by atoms with Gasteiger partial charge in [-0.2, -0.15) is 13.2 Å². The largest absolute Gasteiger partial charge is 0.418 e. The van der Waals surface area contributed by atoms with E-state index in [4.69, 9.17) is 5.14 Å². The molecule has 1 amide bonds. The van der Waals surface area contributed by atoms with Gasteiger partial charge in [0, 0.05) is 30.9 Å². The third kappa shape index (κ3) is 4.45. The Morgan fingerprint density at radius 1 is 1.11 bits per heavy atom. The van der Waals surface area contributed by atoms with Crippen LogP contribution in [0.2, 0.25) is 0 Å². The first-order valence-electron chi connectivity index (χ1n) is 8.43. The first-order valence-corrected chi connectivity index (χ1v) is 9.97. The Morgan fingerprint density at radius 3 is 2.32 bits per heavy atom. The van der Waals surface area contributed by atoms with Gasteiger partial charge in [0.2, 0.25) is 15.9 Å². The maximum absolute atomic E-state index is 13.3. The van der Waals surface area contributed by atoms with Crippen LogP contribution in [0.4, 0.5) is 24.5 Å². The molecule has 0 saturated carbocycles. The molecule has 1 fully saturated rings. The van der Waals surface area contributed by atoms with Crippen LogP contribution in [-0.4, -0.2) is 20.9 Å². The van der Waals surface area contributed by atoms with Crippen molar-refractivity contribution in [1.82, 2.24) is 0 Å². The molecule has 1 saturated heterocycles. The molecule has 1 aliphatic heterocycles. The van der Waals surface area contributed by atoms with Crippen molar-refractivity contribution >= 4 is 27.3 Å². The van der Waals surface area contributed by atoms with Crippen molar-refractivity contribution in [3.8, 4) is 0 Å². The third-order valence-electron chi connectivity index (χ3n) is 4.43. The number of nitrogens with zero attached hydrogens (tertiary/aromatic N) is 1. The van der Waals surface area contributed by atoms with Crippen LogP contribution in [0.5, 0.6) is 0 Å². The molecular formula is C18H18F3N3O3S. The SMILES string of the molecule is NS(=O)(=O)c1ccc(NCc2ccc(N3CCCC3=O)cc2)c(C(F)(F)F)c1. The highest BCUT2D eigenvalue weighted by atomic mass is 32.2. The maximum Gasteiger partial charge on any atom is 0.418 e. The lowest BCUT2D eigenvalue weighted by Crippen LogP contribution is -2.23. The average Bonchev–Trinajstić information content (AvgIpc) is 3.04. The molecule has 0 aliphatic carbocycles. The predicted molar refractivity (Wildman–Crippen MR) is 98.2 cm³/mol. The number of primary sulfonamides is 1. The summed E-state index contributed by atoms with van der Waals surface area (Å²) in [6.07, 6.45) is -3.43. The van der Waals surface area contributed by atoms with E-state index in [0.717, 1.165) is 24.2 Å². The molecule has 3 rings (SSSR count). The molecule has 2 aromatic rings. The fourth-order valence-corrected chi connectivity index (χ4v) is 3.54. The van der Waals surface area contributed by atoms with E-state index >= 15 is 0 Å². The van der Waals surface area contributed by atoms with Crippen molar-refractivity contribution in [2.24, 2.45) is 5.14 Å². The number of alkyl halides is 3. The molecule has 150 valence electrons. The molecule has 0 atom stereocenters. The van der Waals surface area contributed by atoms with Crippen molar-refractivity contribution < 1.29 is 26.4 Å². The molecule has 0 spiro atoms. The number of amides is 1. The first kappa shape index (κ1) is 20.2. The van der Waals surface area contributed by atoms with Crippen LogP contribution in [0, 0.1) is 0 Å². The van der Waals surface area contributed by atoms with Gasteiger partial charge in [0.15, 0.2) is 0 Å². The van der Waals surface area contributed by atoms with Gasteiger partial charge in [-0.15, -0.1) is 0 Å². The predicted octanol–water partition coefficient (Wildman–Crippen LogP) is 3.09. The fourth-order valence-electron chi connectivity index (χ4n) is 3.00. The Hall–Kier alpha value is -2.59. The number of hydrogen-bond donors (Lipinski definition) is 2. The van der Waals surface area contributed by atoms with Gasteiger partial charge >= 0.3 is 6.18 Å². The molecule has 2 aromatic carbocycles. The van der Waals surface area contributed by atoms with Gasteiger partial charge in [0.1, 0.15) is 0 Å². The molecule has 0 bridgehead atoms. The van der Waals surface area contributed by atoms with E-state index in [1.807, 2.05) is 0 Å². The molecule has 1 heterocycles. The second-order valence-electron chi connectivity index (χ2n) is 6.42. The van der Waals surface area contributed by atoms with Crippen molar-refractivity contribution in [3.63, 3.8) is 0 Å². The minimum Gasteiger partial charge on any atom is -0.380 e. The Morgan fingerprint density at radius 2 is 1.79 bits per heavy atom. The highest BCUT2D eigenvalue weighted by Crippen LogP contribution is 2.36. The molecule has 3 N–H and O–H groups in total. The number of nitrogens with two attached hydrogens (primary N) is 1. The summed E-state index contributed by atoms with van der Waals surface area (Å²) in [5.74, 6) is 0.0515. The quantitative estimate of drug-likeness (QED) is 0.788. The number of anilines is 2. The number of carbonyl (C=O) groups is 1. The summed E-state index contributed by atoms with van der Waals surface area (Å²) in [7, 11) is -4.25. The Balaban J connectivity index is 1.78. The zero-order chi connectivity index (χ0) is 20.5. The molecule has 0 radical (unpaired) electrons. The van der Waals surface area contributed by atoms with Gasteiger partial charge in [0.05, 0.1) is 10.5 Å². The standard InChI is InChI=1S/C18H18F3N3O3S/c19-18(20,21)15-10-14(28(22,26)27)7-8-16(15)23-11-12-3-5-13(6-4-12)24-9-1-2-17(24)25/h3-8,10,23H,1-2,9,11H2,(H2,22,26,27). The lowest BCUT2D eigenvalue weighted by Gasteiger charge is -2.17. The second kappa shape index (κ2) is 7.44. The number of sulfonamides is 1. The van der Waals surface area contributed by atoms with Crippen molar-refractivity contribution in [1.29, 1.82) is 0 Å². The number of halogens is 3. The van der Waals surface area contributed by atoms with Crippen LogP contribution in [0.1, 0.15) is 24.0 Å². The molecule has 10 heteroatoms. The summed E-state index contributed by atoms with van der Waals surface area (Å²) < 4.78 is 62.5. The van der Waals surface area contributed by atoms with E-state index in [9.17, 15) is 26.4 Å². The second-order valence-corrected chi connectivity index (χ2v) is 7.98. The normalized spacial score (nSPS) is 15.1. The van der Waals surface area contributed by atoms with E-state index in [-0.39, 0.29) is 18.1 Å². The number of hydrogen-bond acceptors (Lipinski definition) is 4. The third-order valence-corrected chi connectivity index (χ3v) is 5.34. The summed E-state index contributed by atoms with van der Waals surface area (Å²) in [5.41, 5.74) is 0.0933. The number of carbonyl (C=O) groups excluding carboxylic acids is 1. The van der Waals surface area contributed by atoms with Crippen LogP contribution in [0.3, 0.4) is 0 Å². The van der Waals surface area contributed by atoms with Crippen LogP contribution >= 0.6 is 0 Å². The van der Waals surface area contributed by atoms with Crippen LogP contribution in [0.15, 0.2) is 47.4 Å². The molecule has 1 aliphatic rings. The maximum atomic E-state index is 13.3. The molecule has 28 heavy (non-hydrogen) atoms. The van der Waals surface area contributed by atoms with E-state index in [1.165, 1.54) is 0 Å². The van der Waals surface area contributed by atoms with Gasteiger partial charge in [0.25, 0.3) is 0 Å². The monoisotopic (exact) mass is 413 g/mol. The summed E-state index contributed by atoms with van der Waals surface area (Å²) in [5, 5.41) is 7.59. The number of nitrogens with one attached hydrogen (secondary N) is 1. The fraction of sp³-hybridized carbons (Fsp3) is 0.278. The Bertz CT molecular complexity index is 989. The Labute approximate surface area is 160 Å². The lowest BCUT2D eigenvalue weighted by atomic mass is 10.1. The minimum atomic E-state index is -4.75. The van der Waals surface area contributed by atoms with Crippen molar-refractivity contribution in [2.75, 3.05) is 16.8 Å². The summed E-state index contributed by atoms with van der Waals surface area (Å²) >= 11 is 0.